The zero-order chi connectivity index (χ0) is 10.2. The van der Waals surface area contributed by atoms with Crippen LogP contribution in [0.3, 0.4) is 0 Å². The summed E-state index contributed by atoms with van der Waals surface area (Å²) in [6.45, 7) is 8.37. The molecule has 1 heterocycles. The zero-order valence-corrected chi connectivity index (χ0v) is 8.87. The average Bonchev–Trinajstić information content (AvgIpc) is 2.29. The van der Waals surface area contributed by atoms with E-state index in [1.165, 1.54) is 0 Å². The summed E-state index contributed by atoms with van der Waals surface area (Å²) in [4.78, 5) is 13.0. The first kappa shape index (κ1) is 10.5. The highest BCUT2D eigenvalue weighted by molar-refractivity contribution is 5.74. The molecule has 0 radical (unpaired) electrons. The molecule has 0 aliphatic carbocycles. The summed E-state index contributed by atoms with van der Waals surface area (Å²) in [6.07, 6.45) is 0.372. The molecule has 76 valence electrons. The van der Waals surface area contributed by atoms with Gasteiger partial charge in [-0.25, -0.2) is 0 Å². The molecule has 0 aromatic carbocycles. The van der Waals surface area contributed by atoms with Crippen LogP contribution in [0, 0.1) is 5.41 Å². The smallest absolute Gasteiger partial charge is 0.219 e. The van der Waals surface area contributed by atoms with Crippen molar-refractivity contribution in [2.24, 2.45) is 5.41 Å². The number of hydrogen-bond acceptors (Lipinski definition) is 2. The molecule has 0 spiro atoms. The lowest BCUT2D eigenvalue weighted by Crippen LogP contribution is -2.41. The molecular formula is C10H19NO2. The van der Waals surface area contributed by atoms with E-state index in [4.69, 9.17) is 0 Å². The largest absolute Gasteiger partial charge is 0.391 e. The predicted octanol–water partition coefficient (Wildman–Crippen LogP) is 1.01. The Hall–Kier alpha value is -0.570. The molecule has 2 atom stereocenters. The molecule has 1 aliphatic heterocycles. The second-order valence-electron chi connectivity index (χ2n) is 4.94. The van der Waals surface area contributed by atoms with Gasteiger partial charge in [-0.05, 0) is 11.8 Å². The summed E-state index contributed by atoms with van der Waals surface area (Å²) in [6, 6.07) is 0.181. The van der Waals surface area contributed by atoms with Crippen molar-refractivity contribution >= 4 is 5.91 Å². The number of nitrogens with zero attached hydrogens (tertiary/aromatic N) is 1. The summed E-state index contributed by atoms with van der Waals surface area (Å²) in [5, 5.41) is 9.49. The van der Waals surface area contributed by atoms with E-state index in [1.54, 1.807) is 11.8 Å². The molecule has 2 unspecified atom stereocenters. The molecule has 1 amide bonds. The van der Waals surface area contributed by atoms with Gasteiger partial charge in [-0.2, -0.15) is 0 Å². The molecule has 0 saturated carbocycles. The Morgan fingerprint density at radius 1 is 1.46 bits per heavy atom. The van der Waals surface area contributed by atoms with Crippen LogP contribution < -0.4 is 0 Å². The van der Waals surface area contributed by atoms with E-state index in [2.05, 4.69) is 20.8 Å². The minimum atomic E-state index is -0.340. The van der Waals surface area contributed by atoms with Crippen LogP contribution in [0.15, 0.2) is 0 Å². The SMILES string of the molecule is CC(=O)N1CC(O)CC1C(C)(C)C. The molecule has 1 saturated heterocycles. The van der Waals surface area contributed by atoms with Crippen molar-refractivity contribution in [1.82, 2.24) is 4.90 Å². The van der Waals surface area contributed by atoms with Gasteiger partial charge in [-0.3, -0.25) is 4.79 Å². The van der Waals surface area contributed by atoms with Crippen LogP contribution in [0.25, 0.3) is 0 Å². The van der Waals surface area contributed by atoms with E-state index in [0.717, 1.165) is 0 Å². The van der Waals surface area contributed by atoms with E-state index in [-0.39, 0.29) is 23.5 Å². The highest BCUT2D eigenvalue weighted by Crippen LogP contribution is 2.32. The van der Waals surface area contributed by atoms with Crippen molar-refractivity contribution in [3.63, 3.8) is 0 Å². The highest BCUT2D eigenvalue weighted by Gasteiger charge is 2.39. The molecule has 0 aromatic heterocycles. The maximum atomic E-state index is 11.3. The van der Waals surface area contributed by atoms with Gasteiger partial charge in [0.05, 0.1) is 6.10 Å². The van der Waals surface area contributed by atoms with Gasteiger partial charge >= 0.3 is 0 Å². The number of rotatable bonds is 0. The van der Waals surface area contributed by atoms with E-state index in [9.17, 15) is 9.90 Å². The normalized spacial score (nSPS) is 29.5. The zero-order valence-electron chi connectivity index (χ0n) is 8.87. The minimum Gasteiger partial charge on any atom is -0.391 e. The molecule has 1 rings (SSSR count). The molecule has 3 heteroatoms. The maximum Gasteiger partial charge on any atom is 0.219 e. The van der Waals surface area contributed by atoms with Crippen molar-refractivity contribution in [3.05, 3.63) is 0 Å². The van der Waals surface area contributed by atoms with Gasteiger partial charge < -0.3 is 10.0 Å². The molecule has 1 aliphatic rings. The average molecular weight is 185 g/mol. The number of carbonyl (C=O) groups is 1. The van der Waals surface area contributed by atoms with Crippen LogP contribution in [0.5, 0.6) is 0 Å². The second kappa shape index (κ2) is 3.29. The quantitative estimate of drug-likeness (QED) is 0.612. The molecule has 0 aromatic rings. The van der Waals surface area contributed by atoms with E-state index in [0.29, 0.717) is 13.0 Å². The summed E-state index contributed by atoms with van der Waals surface area (Å²) in [7, 11) is 0. The first-order valence-electron chi connectivity index (χ1n) is 4.77. The molecule has 0 bridgehead atoms. The molecule has 1 N–H and O–H groups in total. The van der Waals surface area contributed by atoms with Crippen molar-refractivity contribution in [3.8, 4) is 0 Å². The lowest BCUT2D eigenvalue weighted by atomic mass is 9.85. The van der Waals surface area contributed by atoms with Gasteiger partial charge in [0.1, 0.15) is 0 Å². The fourth-order valence-corrected chi connectivity index (χ4v) is 1.98. The standard InChI is InChI=1S/C10H19NO2/c1-7(12)11-6-8(13)5-9(11)10(2,3)4/h8-9,13H,5-6H2,1-4H3. The molecule has 1 fully saturated rings. The Bertz CT molecular complexity index is 207. The van der Waals surface area contributed by atoms with Crippen LogP contribution in [0.2, 0.25) is 0 Å². The van der Waals surface area contributed by atoms with Crippen molar-refractivity contribution < 1.29 is 9.90 Å². The van der Waals surface area contributed by atoms with Gasteiger partial charge in [-0.15, -0.1) is 0 Å². The van der Waals surface area contributed by atoms with Crippen LogP contribution in [0.1, 0.15) is 34.1 Å². The van der Waals surface area contributed by atoms with Crippen molar-refractivity contribution in [2.75, 3.05) is 6.54 Å². The van der Waals surface area contributed by atoms with Crippen LogP contribution >= 0.6 is 0 Å². The van der Waals surface area contributed by atoms with E-state index < -0.39 is 0 Å². The van der Waals surface area contributed by atoms with Crippen molar-refractivity contribution in [2.45, 2.75) is 46.3 Å². The number of carbonyl (C=O) groups excluding carboxylic acids is 1. The Balaban J connectivity index is 2.78. The monoisotopic (exact) mass is 185 g/mol. The summed E-state index contributed by atoms with van der Waals surface area (Å²) in [5.74, 6) is 0.0662. The van der Waals surface area contributed by atoms with Gasteiger partial charge in [0.15, 0.2) is 0 Å². The number of likely N-dealkylation sites (tertiary alicyclic amines) is 1. The summed E-state index contributed by atoms with van der Waals surface area (Å²) >= 11 is 0. The topological polar surface area (TPSA) is 40.5 Å². The van der Waals surface area contributed by atoms with E-state index in [1.807, 2.05) is 0 Å². The predicted molar refractivity (Wildman–Crippen MR) is 51.3 cm³/mol. The first-order chi connectivity index (χ1) is 5.82. The third-order valence-electron chi connectivity index (χ3n) is 2.68. The van der Waals surface area contributed by atoms with Crippen LogP contribution in [-0.4, -0.2) is 34.6 Å². The minimum absolute atomic E-state index is 0.0587. The van der Waals surface area contributed by atoms with Gasteiger partial charge in [-0.1, -0.05) is 20.8 Å². The Kier molecular flexibility index (Phi) is 2.66. The first-order valence-corrected chi connectivity index (χ1v) is 4.77. The Morgan fingerprint density at radius 3 is 2.31 bits per heavy atom. The summed E-state index contributed by atoms with van der Waals surface area (Å²) < 4.78 is 0. The molecular weight excluding hydrogens is 166 g/mol. The molecule has 13 heavy (non-hydrogen) atoms. The number of hydrogen-bond donors (Lipinski definition) is 1. The van der Waals surface area contributed by atoms with E-state index >= 15 is 0 Å². The second-order valence-corrected chi connectivity index (χ2v) is 4.94. The molecule has 3 nitrogen and oxygen atoms in total. The fourth-order valence-electron chi connectivity index (χ4n) is 1.98. The third-order valence-corrected chi connectivity index (χ3v) is 2.68. The van der Waals surface area contributed by atoms with Crippen LogP contribution in [0.4, 0.5) is 0 Å². The lowest BCUT2D eigenvalue weighted by molar-refractivity contribution is -0.131. The third kappa shape index (κ3) is 2.21. The van der Waals surface area contributed by atoms with Crippen molar-refractivity contribution in [1.29, 1.82) is 0 Å². The Labute approximate surface area is 79.7 Å². The lowest BCUT2D eigenvalue weighted by Gasteiger charge is -2.34. The van der Waals surface area contributed by atoms with Gasteiger partial charge in [0.25, 0.3) is 0 Å². The fraction of sp³-hybridized carbons (Fsp3) is 0.900. The number of aliphatic hydroxyl groups is 1. The Morgan fingerprint density at radius 2 is 2.00 bits per heavy atom. The highest BCUT2D eigenvalue weighted by atomic mass is 16.3. The maximum absolute atomic E-state index is 11.3. The van der Waals surface area contributed by atoms with Crippen LogP contribution in [-0.2, 0) is 4.79 Å². The number of amides is 1. The number of aliphatic hydroxyl groups excluding tert-OH is 1. The van der Waals surface area contributed by atoms with Gasteiger partial charge in [0, 0.05) is 19.5 Å². The number of β-amino-alcohol motifs (C(OH)–C–C–N with tert-alkyl or cyclic N) is 1. The van der Waals surface area contributed by atoms with Gasteiger partial charge in [0.2, 0.25) is 5.91 Å². The summed E-state index contributed by atoms with van der Waals surface area (Å²) in [5.41, 5.74) is 0.0587.